The van der Waals surface area contributed by atoms with Crippen LogP contribution in [0.3, 0.4) is 0 Å². The summed E-state index contributed by atoms with van der Waals surface area (Å²) < 4.78 is 6.18. The smallest absolute Gasteiger partial charge is 0.236 e. The lowest BCUT2D eigenvalue weighted by atomic mass is 9.82. The summed E-state index contributed by atoms with van der Waals surface area (Å²) in [5, 5.41) is 3.12. The summed E-state index contributed by atoms with van der Waals surface area (Å²) >= 11 is 0. The number of para-hydroxylation sites is 1. The minimum atomic E-state index is 0.116. The van der Waals surface area contributed by atoms with E-state index in [-0.39, 0.29) is 35.6 Å². The molecule has 0 aromatic heterocycles. The van der Waals surface area contributed by atoms with Gasteiger partial charge in [0.05, 0.1) is 6.54 Å². The molecule has 0 spiro atoms. The lowest BCUT2D eigenvalue weighted by molar-refractivity contribution is -0.137. The molecular formula is C29H40N4O4. The Morgan fingerprint density at radius 1 is 1.03 bits per heavy atom. The Hall–Kier alpha value is -2.87. The number of amides is 3. The van der Waals surface area contributed by atoms with Gasteiger partial charge < -0.3 is 19.9 Å². The van der Waals surface area contributed by atoms with Crippen molar-refractivity contribution >= 4 is 17.7 Å². The summed E-state index contributed by atoms with van der Waals surface area (Å²) in [6, 6.07) is 8.67. The van der Waals surface area contributed by atoms with E-state index in [9.17, 15) is 14.4 Å². The highest BCUT2D eigenvalue weighted by molar-refractivity contribution is 5.79. The first-order valence-corrected chi connectivity index (χ1v) is 13.9. The summed E-state index contributed by atoms with van der Waals surface area (Å²) in [5.74, 6) is 1.60. The summed E-state index contributed by atoms with van der Waals surface area (Å²) in [6.07, 6.45) is 9.44. The molecule has 1 aromatic carbocycles. The molecule has 2 atom stereocenters. The fraction of sp³-hybridized carbons (Fsp3) is 0.621. The molecule has 0 unspecified atom stereocenters. The van der Waals surface area contributed by atoms with Crippen molar-refractivity contribution in [3.8, 4) is 5.75 Å². The Bertz CT molecular complexity index is 1010. The van der Waals surface area contributed by atoms with Crippen molar-refractivity contribution in [1.82, 2.24) is 20.0 Å². The molecule has 1 aliphatic carbocycles. The molecule has 37 heavy (non-hydrogen) atoms. The van der Waals surface area contributed by atoms with E-state index in [0.29, 0.717) is 45.2 Å². The monoisotopic (exact) mass is 508 g/mol. The van der Waals surface area contributed by atoms with Gasteiger partial charge in [0.15, 0.2) is 0 Å². The van der Waals surface area contributed by atoms with Gasteiger partial charge in [-0.3, -0.25) is 19.3 Å². The van der Waals surface area contributed by atoms with Crippen LogP contribution in [-0.2, 0) is 20.9 Å². The molecule has 0 radical (unpaired) electrons. The topological polar surface area (TPSA) is 82.2 Å². The van der Waals surface area contributed by atoms with E-state index in [2.05, 4.69) is 22.4 Å². The number of carbonyl (C=O) groups is 3. The second-order valence-electron chi connectivity index (χ2n) is 11.1. The number of carbonyl (C=O) groups excluding carboxylic acids is 3. The first-order valence-electron chi connectivity index (χ1n) is 13.9. The standard InChI is InChI=1S/C29H40N4O4/c1-21(34)31-14-11-26(12-15-31)33-19-24-5-2-3-7-27(24)37-16-4-6-23-18-32(29(36)20-33)13-10-22(23)17-28(35)30-25-8-9-25/h2-7,22-23,25-26H,8-20H2,1H3,(H,30,35)/t22-,23-/m0/s1. The molecule has 2 saturated heterocycles. The maximum Gasteiger partial charge on any atom is 0.236 e. The van der Waals surface area contributed by atoms with Crippen molar-refractivity contribution < 1.29 is 19.1 Å². The number of benzene rings is 1. The van der Waals surface area contributed by atoms with Crippen molar-refractivity contribution in [2.45, 2.75) is 64.1 Å². The molecule has 2 bridgehead atoms. The number of piperidine rings is 2. The molecular weight excluding hydrogens is 468 g/mol. The molecule has 8 nitrogen and oxygen atoms in total. The van der Waals surface area contributed by atoms with Gasteiger partial charge in [0.1, 0.15) is 12.4 Å². The first kappa shape index (κ1) is 25.8. The molecule has 1 N–H and O–H groups in total. The molecule has 5 rings (SSSR count). The van der Waals surface area contributed by atoms with Gasteiger partial charge >= 0.3 is 0 Å². The van der Waals surface area contributed by atoms with Crippen LogP contribution in [0.2, 0.25) is 0 Å². The van der Waals surface area contributed by atoms with Gasteiger partial charge in [-0.1, -0.05) is 30.4 Å². The second-order valence-corrected chi connectivity index (χ2v) is 11.1. The van der Waals surface area contributed by atoms with E-state index in [4.69, 9.17) is 4.74 Å². The molecule has 200 valence electrons. The average Bonchev–Trinajstić information content (AvgIpc) is 3.71. The fourth-order valence-electron chi connectivity index (χ4n) is 5.98. The van der Waals surface area contributed by atoms with Crippen molar-refractivity contribution in [3.05, 3.63) is 42.0 Å². The predicted octanol–water partition coefficient (Wildman–Crippen LogP) is 2.58. The van der Waals surface area contributed by atoms with E-state index >= 15 is 0 Å². The van der Waals surface area contributed by atoms with Crippen molar-refractivity contribution in [3.63, 3.8) is 0 Å². The number of ether oxygens (including phenoxy) is 1. The molecule has 8 heteroatoms. The maximum absolute atomic E-state index is 13.6. The van der Waals surface area contributed by atoms with E-state index in [0.717, 1.165) is 56.5 Å². The Kier molecular flexibility index (Phi) is 8.13. The molecule has 1 saturated carbocycles. The maximum atomic E-state index is 13.6. The third-order valence-corrected chi connectivity index (χ3v) is 8.38. The highest BCUT2D eigenvalue weighted by Gasteiger charge is 2.35. The van der Waals surface area contributed by atoms with Crippen molar-refractivity contribution in [2.75, 3.05) is 39.3 Å². The van der Waals surface area contributed by atoms with Crippen LogP contribution < -0.4 is 10.1 Å². The van der Waals surface area contributed by atoms with E-state index in [1.165, 1.54) is 0 Å². The van der Waals surface area contributed by atoms with Crippen LogP contribution in [0.1, 0.15) is 51.0 Å². The lowest BCUT2D eigenvalue weighted by Gasteiger charge is -2.41. The third kappa shape index (κ3) is 6.72. The fourth-order valence-corrected chi connectivity index (χ4v) is 5.98. The first-order chi connectivity index (χ1) is 18.0. The van der Waals surface area contributed by atoms with Crippen LogP contribution >= 0.6 is 0 Å². The quantitative estimate of drug-likeness (QED) is 0.633. The largest absolute Gasteiger partial charge is 0.489 e. The minimum absolute atomic E-state index is 0.116. The highest BCUT2D eigenvalue weighted by Crippen LogP contribution is 2.30. The van der Waals surface area contributed by atoms with Crippen LogP contribution in [0.25, 0.3) is 0 Å². The molecule has 4 aliphatic rings. The number of hydrogen-bond donors (Lipinski definition) is 1. The minimum Gasteiger partial charge on any atom is -0.489 e. The number of likely N-dealkylation sites (tertiary alicyclic amines) is 1. The Labute approximate surface area is 220 Å². The van der Waals surface area contributed by atoms with Crippen LogP contribution in [0.15, 0.2) is 36.4 Å². The molecule has 3 fully saturated rings. The molecule has 3 aliphatic heterocycles. The lowest BCUT2D eigenvalue weighted by Crippen LogP contribution is -2.51. The average molecular weight is 509 g/mol. The number of nitrogens with zero attached hydrogens (tertiary/aromatic N) is 3. The van der Waals surface area contributed by atoms with Gasteiger partial charge in [0.25, 0.3) is 0 Å². The Morgan fingerprint density at radius 2 is 1.81 bits per heavy atom. The Morgan fingerprint density at radius 3 is 2.57 bits per heavy atom. The molecule has 3 amide bonds. The van der Waals surface area contributed by atoms with Gasteiger partial charge in [-0.2, -0.15) is 0 Å². The van der Waals surface area contributed by atoms with Crippen molar-refractivity contribution in [1.29, 1.82) is 0 Å². The zero-order valence-corrected chi connectivity index (χ0v) is 21.9. The summed E-state index contributed by atoms with van der Waals surface area (Å²) in [7, 11) is 0. The Balaban J connectivity index is 1.33. The SMILES string of the molecule is CC(=O)N1CCC(N2CC(=O)N3CC[C@@H](CC(=O)NC4CC4)[C@@H](C=CCOc4ccccc4C2)C3)CC1. The van der Waals surface area contributed by atoms with E-state index < -0.39 is 0 Å². The summed E-state index contributed by atoms with van der Waals surface area (Å²) in [5.41, 5.74) is 1.07. The van der Waals surface area contributed by atoms with Crippen LogP contribution in [0.5, 0.6) is 5.75 Å². The number of hydrogen-bond acceptors (Lipinski definition) is 5. The van der Waals surface area contributed by atoms with Gasteiger partial charge in [0.2, 0.25) is 17.7 Å². The van der Waals surface area contributed by atoms with E-state index in [1.54, 1.807) is 6.92 Å². The van der Waals surface area contributed by atoms with Gasteiger partial charge in [-0.15, -0.1) is 0 Å². The normalized spacial score (nSPS) is 25.8. The molecule has 1 aromatic rings. The molecule has 3 heterocycles. The van der Waals surface area contributed by atoms with Crippen LogP contribution in [-0.4, -0.2) is 83.8 Å². The number of rotatable bonds is 4. The number of fused-ring (bicyclic) bond motifs is 3. The zero-order chi connectivity index (χ0) is 25.8. The second kappa shape index (κ2) is 11.7. The summed E-state index contributed by atoms with van der Waals surface area (Å²) in [6.45, 7) is 5.85. The zero-order valence-electron chi connectivity index (χ0n) is 21.9. The van der Waals surface area contributed by atoms with Gasteiger partial charge in [0, 0.05) is 63.7 Å². The van der Waals surface area contributed by atoms with Gasteiger partial charge in [-0.25, -0.2) is 0 Å². The number of nitrogens with one attached hydrogen (secondary N) is 1. The van der Waals surface area contributed by atoms with Crippen LogP contribution in [0, 0.1) is 11.8 Å². The van der Waals surface area contributed by atoms with E-state index in [1.807, 2.05) is 34.1 Å². The van der Waals surface area contributed by atoms with Gasteiger partial charge in [-0.05, 0) is 50.0 Å². The summed E-state index contributed by atoms with van der Waals surface area (Å²) in [4.78, 5) is 44.2. The third-order valence-electron chi connectivity index (χ3n) is 8.38. The van der Waals surface area contributed by atoms with Crippen LogP contribution in [0.4, 0.5) is 0 Å². The predicted molar refractivity (Wildman–Crippen MR) is 141 cm³/mol. The highest BCUT2D eigenvalue weighted by atomic mass is 16.5. The van der Waals surface area contributed by atoms with Crippen molar-refractivity contribution in [2.24, 2.45) is 11.8 Å².